The summed E-state index contributed by atoms with van der Waals surface area (Å²) in [5, 5.41) is 16.2. The van der Waals surface area contributed by atoms with E-state index in [0.717, 1.165) is 24.2 Å². The molecule has 4 rings (SSSR count). The van der Waals surface area contributed by atoms with Gasteiger partial charge in [-0.1, -0.05) is 43.5 Å². The van der Waals surface area contributed by atoms with Gasteiger partial charge in [0.2, 0.25) is 0 Å². The topological polar surface area (TPSA) is 106 Å². The molecular weight excluding hydrogens is 520 g/mol. The quantitative estimate of drug-likeness (QED) is 0.267. The first-order valence-corrected chi connectivity index (χ1v) is 14.2. The zero-order valence-corrected chi connectivity index (χ0v) is 23.8. The molecule has 1 aliphatic carbocycles. The molecule has 3 aromatic rings. The minimum Gasteiger partial charge on any atom is -0.507 e. The van der Waals surface area contributed by atoms with E-state index in [-0.39, 0.29) is 23.8 Å². The van der Waals surface area contributed by atoms with Crippen molar-refractivity contribution in [3.05, 3.63) is 89.5 Å². The fourth-order valence-corrected chi connectivity index (χ4v) is 5.16. The number of amides is 2. The van der Waals surface area contributed by atoms with Gasteiger partial charge in [-0.3, -0.25) is 9.59 Å². The summed E-state index contributed by atoms with van der Waals surface area (Å²) in [7, 11) is 3.20. The van der Waals surface area contributed by atoms with Crippen molar-refractivity contribution in [3.8, 4) is 17.2 Å². The molecule has 2 atom stereocenters. The molecule has 8 heteroatoms. The highest BCUT2D eigenvalue weighted by atomic mass is 16.5. The number of benzene rings is 3. The molecule has 0 aliphatic heterocycles. The van der Waals surface area contributed by atoms with Crippen LogP contribution < -0.4 is 20.1 Å². The molecule has 8 nitrogen and oxygen atoms in total. The van der Waals surface area contributed by atoms with Crippen molar-refractivity contribution in [2.45, 2.75) is 50.7 Å². The van der Waals surface area contributed by atoms with Gasteiger partial charge in [0, 0.05) is 25.1 Å². The van der Waals surface area contributed by atoms with Gasteiger partial charge in [0.05, 0.1) is 31.9 Å². The van der Waals surface area contributed by atoms with Gasteiger partial charge in [-0.25, -0.2) is 0 Å². The van der Waals surface area contributed by atoms with Gasteiger partial charge in [-0.05, 0) is 72.9 Å². The van der Waals surface area contributed by atoms with Crippen LogP contribution in [0, 0.1) is 5.92 Å². The van der Waals surface area contributed by atoms with Crippen LogP contribution in [0.2, 0.25) is 0 Å². The monoisotopic (exact) mass is 560 g/mol. The Labute approximate surface area is 242 Å². The van der Waals surface area contributed by atoms with Gasteiger partial charge in [-0.15, -0.1) is 0 Å². The second kappa shape index (κ2) is 15.1. The molecule has 0 heterocycles. The number of carbonyl (C=O) groups excluding carboxylic acids is 2. The molecular formula is C33H40N2O6. The highest BCUT2D eigenvalue weighted by Gasteiger charge is 2.28. The number of nitrogens with one attached hydrogen (secondary N) is 2. The number of hydrogen-bond donors (Lipinski definition) is 3. The lowest BCUT2D eigenvalue weighted by molar-refractivity contribution is 0.000314. The second-order valence-corrected chi connectivity index (χ2v) is 10.5. The van der Waals surface area contributed by atoms with E-state index in [0.29, 0.717) is 30.3 Å². The van der Waals surface area contributed by atoms with E-state index in [1.807, 2.05) is 24.3 Å². The van der Waals surface area contributed by atoms with Gasteiger partial charge in [0.15, 0.2) is 0 Å². The predicted octanol–water partition coefficient (Wildman–Crippen LogP) is 5.15. The van der Waals surface area contributed by atoms with Gasteiger partial charge < -0.3 is 30.0 Å². The van der Waals surface area contributed by atoms with Crippen LogP contribution in [0.4, 0.5) is 0 Å². The number of hydrogen-bond acceptors (Lipinski definition) is 6. The summed E-state index contributed by atoms with van der Waals surface area (Å²) in [6, 6.07) is 20.5. The first-order chi connectivity index (χ1) is 20.0. The molecule has 41 heavy (non-hydrogen) atoms. The molecule has 0 radical (unpaired) electrons. The summed E-state index contributed by atoms with van der Waals surface area (Å²) >= 11 is 0. The van der Waals surface area contributed by atoms with Gasteiger partial charge >= 0.3 is 0 Å². The molecule has 0 bridgehead atoms. The third-order valence-electron chi connectivity index (χ3n) is 7.62. The van der Waals surface area contributed by atoms with E-state index in [9.17, 15) is 14.7 Å². The normalized spacial score (nSPS) is 15.0. The van der Waals surface area contributed by atoms with Crippen LogP contribution in [0.1, 0.15) is 58.4 Å². The number of phenols is 1. The standard InChI is InChI=1S/C33H40N2O6/c1-39-26-16-12-23(13-17-26)20-31(41-22-24-8-4-3-5-9-24)29(21-34-33(38)28-10-6-7-11-30(28)36)35-32(37)25-14-18-27(40-2)19-15-25/h6-7,10-19,24,29,31,36H,3-5,8-9,20-22H2,1-2H3,(H,34,38)(H,35,37). The van der Waals surface area contributed by atoms with E-state index in [1.165, 1.54) is 25.3 Å². The van der Waals surface area contributed by atoms with Crippen LogP contribution >= 0.6 is 0 Å². The Morgan fingerprint density at radius 1 is 0.854 bits per heavy atom. The van der Waals surface area contributed by atoms with Crippen LogP contribution in [0.5, 0.6) is 17.2 Å². The number of ether oxygens (including phenoxy) is 3. The minimum atomic E-state index is -0.551. The number of para-hydroxylation sites is 1. The molecule has 218 valence electrons. The summed E-state index contributed by atoms with van der Waals surface area (Å²) in [6.07, 6.45) is 6.01. The lowest BCUT2D eigenvalue weighted by Crippen LogP contribution is -2.52. The minimum absolute atomic E-state index is 0.104. The molecule has 1 fully saturated rings. The molecule has 3 aromatic carbocycles. The van der Waals surface area contributed by atoms with Crippen LogP contribution in [0.3, 0.4) is 0 Å². The molecule has 0 spiro atoms. The van der Waals surface area contributed by atoms with Crippen molar-refractivity contribution >= 4 is 11.8 Å². The summed E-state index contributed by atoms with van der Waals surface area (Å²) in [4.78, 5) is 26.4. The lowest BCUT2D eigenvalue weighted by Gasteiger charge is -2.31. The number of aromatic hydroxyl groups is 1. The summed E-state index contributed by atoms with van der Waals surface area (Å²) in [5.74, 6) is 1.06. The van der Waals surface area contributed by atoms with Gasteiger partial charge in [0.1, 0.15) is 17.2 Å². The second-order valence-electron chi connectivity index (χ2n) is 10.5. The summed E-state index contributed by atoms with van der Waals surface area (Å²) in [5.41, 5.74) is 1.66. The van der Waals surface area contributed by atoms with Crippen molar-refractivity contribution in [1.29, 1.82) is 0 Å². The Hall–Kier alpha value is -4.04. The SMILES string of the molecule is COc1ccc(CC(OCC2CCCCC2)C(CNC(=O)c2ccccc2O)NC(=O)c2ccc(OC)cc2)cc1. The smallest absolute Gasteiger partial charge is 0.255 e. The molecule has 2 unspecified atom stereocenters. The van der Waals surface area contributed by atoms with Crippen LogP contribution in [-0.4, -0.2) is 56.4 Å². The van der Waals surface area contributed by atoms with Crippen LogP contribution in [-0.2, 0) is 11.2 Å². The van der Waals surface area contributed by atoms with Crippen LogP contribution in [0.25, 0.3) is 0 Å². The van der Waals surface area contributed by atoms with E-state index >= 15 is 0 Å². The third kappa shape index (κ3) is 8.72. The molecule has 2 amide bonds. The molecule has 1 saturated carbocycles. The molecule has 3 N–H and O–H groups in total. The molecule has 0 aromatic heterocycles. The van der Waals surface area contributed by atoms with Crippen molar-refractivity contribution < 1.29 is 28.9 Å². The number of phenolic OH excluding ortho intramolecular Hbond substituents is 1. The lowest BCUT2D eigenvalue weighted by atomic mass is 9.90. The highest BCUT2D eigenvalue weighted by Crippen LogP contribution is 2.25. The van der Waals surface area contributed by atoms with Crippen molar-refractivity contribution in [1.82, 2.24) is 10.6 Å². The largest absolute Gasteiger partial charge is 0.507 e. The number of methoxy groups -OCH3 is 2. The Morgan fingerprint density at radius 2 is 1.49 bits per heavy atom. The van der Waals surface area contributed by atoms with E-state index in [2.05, 4.69) is 10.6 Å². The number of carbonyl (C=O) groups is 2. The van der Waals surface area contributed by atoms with Crippen molar-refractivity contribution in [2.24, 2.45) is 5.92 Å². The van der Waals surface area contributed by atoms with Gasteiger partial charge in [-0.2, -0.15) is 0 Å². The first kappa shape index (κ1) is 29.9. The van der Waals surface area contributed by atoms with Crippen molar-refractivity contribution in [2.75, 3.05) is 27.4 Å². The van der Waals surface area contributed by atoms with E-state index in [1.54, 1.807) is 56.7 Å². The Morgan fingerprint density at radius 3 is 2.12 bits per heavy atom. The summed E-state index contributed by atoms with van der Waals surface area (Å²) < 4.78 is 17.1. The maximum atomic E-state index is 13.4. The molecule has 0 saturated heterocycles. The Kier molecular flexibility index (Phi) is 11.0. The molecule has 1 aliphatic rings. The maximum Gasteiger partial charge on any atom is 0.255 e. The third-order valence-corrected chi connectivity index (χ3v) is 7.62. The summed E-state index contributed by atoms with van der Waals surface area (Å²) in [6.45, 7) is 0.698. The zero-order valence-electron chi connectivity index (χ0n) is 23.8. The zero-order chi connectivity index (χ0) is 29.0. The fourth-order valence-electron chi connectivity index (χ4n) is 5.16. The van der Waals surface area contributed by atoms with Crippen molar-refractivity contribution in [3.63, 3.8) is 0 Å². The average Bonchev–Trinajstić information content (AvgIpc) is 3.02. The van der Waals surface area contributed by atoms with E-state index < -0.39 is 18.1 Å². The Bertz CT molecular complexity index is 1260. The fraction of sp³-hybridized carbons (Fsp3) is 0.394. The Balaban J connectivity index is 1.57. The van der Waals surface area contributed by atoms with Crippen LogP contribution in [0.15, 0.2) is 72.8 Å². The van der Waals surface area contributed by atoms with E-state index in [4.69, 9.17) is 14.2 Å². The number of rotatable bonds is 13. The van der Waals surface area contributed by atoms with Gasteiger partial charge in [0.25, 0.3) is 11.8 Å². The maximum absolute atomic E-state index is 13.4. The predicted molar refractivity (Wildman–Crippen MR) is 158 cm³/mol. The highest BCUT2D eigenvalue weighted by molar-refractivity contribution is 5.97. The first-order valence-electron chi connectivity index (χ1n) is 14.2. The average molecular weight is 561 g/mol.